The number of hydrogen-bond donors (Lipinski definition) is 3. The van der Waals surface area contributed by atoms with Crippen molar-refractivity contribution in [1.29, 1.82) is 0 Å². The van der Waals surface area contributed by atoms with Gasteiger partial charge >= 0.3 is 6.03 Å². The van der Waals surface area contributed by atoms with Gasteiger partial charge in [0.2, 0.25) is 11.8 Å². The van der Waals surface area contributed by atoms with E-state index in [4.69, 9.17) is 5.73 Å². The Kier molecular flexibility index (Phi) is 4.78. The van der Waals surface area contributed by atoms with Crippen molar-refractivity contribution in [2.45, 2.75) is 25.3 Å². The topological polar surface area (TPSA) is 108 Å². The van der Waals surface area contributed by atoms with Crippen LogP contribution in [0.25, 0.3) is 0 Å². The molecule has 1 aromatic carbocycles. The molecule has 0 aliphatic carbocycles. The van der Waals surface area contributed by atoms with Crippen LogP contribution < -0.4 is 21.3 Å². The van der Waals surface area contributed by atoms with Crippen LogP contribution in [0.2, 0.25) is 0 Å². The van der Waals surface area contributed by atoms with Crippen molar-refractivity contribution in [2.75, 3.05) is 36.9 Å². The average molecular weight is 345 g/mol. The first kappa shape index (κ1) is 17.1. The lowest BCUT2D eigenvalue weighted by atomic mass is 10.1. The minimum absolute atomic E-state index is 0.260. The quantitative estimate of drug-likeness (QED) is 0.748. The molecular formula is C17H23N5O3. The van der Waals surface area contributed by atoms with Gasteiger partial charge in [-0.1, -0.05) is 0 Å². The van der Waals surface area contributed by atoms with Crippen molar-refractivity contribution in [3.63, 3.8) is 0 Å². The van der Waals surface area contributed by atoms with Gasteiger partial charge in [0.05, 0.1) is 11.4 Å². The molecule has 1 aromatic rings. The molecule has 2 fully saturated rings. The molecule has 8 nitrogen and oxygen atoms in total. The lowest BCUT2D eigenvalue weighted by molar-refractivity contribution is -0.119. The molecular weight excluding hydrogens is 322 g/mol. The van der Waals surface area contributed by atoms with Crippen LogP contribution in [0.1, 0.15) is 29.6 Å². The van der Waals surface area contributed by atoms with Crippen molar-refractivity contribution in [3.05, 3.63) is 23.8 Å². The Morgan fingerprint density at radius 2 is 1.96 bits per heavy atom. The van der Waals surface area contributed by atoms with E-state index in [1.165, 1.54) is 11.3 Å². The first-order valence-electron chi connectivity index (χ1n) is 8.47. The number of carbonyl (C=O) groups is 3. The SMILES string of the molecule is CN1C(=O)NCC1C(=O)Nc1cc(C(N)=O)ccc1N1CCCCC1. The fourth-order valence-corrected chi connectivity index (χ4v) is 3.27. The van der Waals surface area contributed by atoms with Gasteiger partial charge in [-0.25, -0.2) is 4.79 Å². The van der Waals surface area contributed by atoms with Crippen molar-refractivity contribution in [1.82, 2.24) is 10.2 Å². The summed E-state index contributed by atoms with van der Waals surface area (Å²) in [5.41, 5.74) is 7.14. The molecule has 25 heavy (non-hydrogen) atoms. The van der Waals surface area contributed by atoms with Crippen molar-refractivity contribution >= 4 is 29.2 Å². The number of urea groups is 1. The first-order valence-corrected chi connectivity index (χ1v) is 8.47. The Labute approximate surface area is 146 Å². The highest BCUT2D eigenvalue weighted by molar-refractivity contribution is 6.03. The number of amides is 4. The van der Waals surface area contributed by atoms with E-state index in [-0.39, 0.29) is 18.5 Å². The van der Waals surface area contributed by atoms with E-state index in [1.807, 2.05) is 6.07 Å². The van der Waals surface area contributed by atoms with E-state index in [2.05, 4.69) is 15.5 Å². The zero-order chi connectivity index (χ0) is 18.0. The Hall–Kier alpha value is -2.77. The number of rotatable bonds is 4. The van der Waals surface area contributed by atoms with Crippen LogP contribution in [-0.4, -0.2) is 55.5 Å². The maximum Gasteiger partial charge on any atom is 0.317 e. The van der Waals surface area contributed by atoms with Gasteiger partial charge in [-0.05, 0) is 37.5 Å². The number of benzene rings is 1. The molecule has 4 N–H and O–H groups in total. The van der Waals surface area contributed by atoms with E-state index >= 15 is 0 Å². The Bertz CT molecular complexity index is 700. The monoisotopic (exact) mass is 345 g/mol. The standard InChI is InChI=1S/C17H23N5O3/c1-21-14(10-19-17(21)25)16(24)20-12-9-11(15(18)23)5-6-13(12)22-7-3-2-4-8-22/h5-6,9,14H,2-4,7-8,10H2,1H3,(H2,18,23)(H,19,25)(H,20,24). The van der Waals surface area contributed by atoms with Crippen LogP contribution in [0.4, 0.5) is 16.2 Å². The highest BCUT2D eigenvalue weighted by atomic mass is 16.2. The lowest BCUT2D eigenvalue weighted by Gasteiger charge is -2.31. The molecule has 1 unspecified atom stereocenters. The van der Waals surface area contributed by atoms with E-state index < -0.39 is 11.9 Å². The van der Waals surface area contributed by atoms with Gasteiger partial charge in [0.1, 0.15) is 6.04 Å². The summed E-state index contributed by atoms with van der Waals surface area (Å²) in [6.45, 7) is 2.07. The van der Waals surface area contributed by atoms with E-state index in [1.54, 1.807) is 19.2 Å². The highest BCUT2D eigenvalue weighted by Crippen LogP contribution is 2.30. The second-order valence-corrected chi connectivity index (χ2v) is 6.45. The van der Waals surface area contributed by atoms with Gasteiger partial charge in [0, 0.05) is 32.2 Å². The molecule has 1 atom stereocenters. The van der Waals surface area contributed by atoms with Gasteiger partial charge in [-0.3, -0.25) is 9.59 Å². The average Bonchev–Trinajstić information content (AvgIpc) is 2.95. The van der Waals surface area contributed by atoms with Crippen LogP contribution >= 0.6 is 0 Å². The number of nitrogens with one attached hydrogen (secondary N) is 2. The van der Waals surface area contributed by atoms with E-state index in [9.17, 15) is 14.4 Å². The number of primary amides is 1. The molecule has 8 heteroatoms. The van der Waals surface area contributed by atoms with Gasteiger partial charge < -0.3 is 26.2 Å². The second kappa shape index (κ2) is 7.00. The molecule has 2 saturated heterocycles. The molecule has 4 amide bonds. The summed E-state index contributed by atoms with van der Waals surface area (Å²) in [5, 5.41) is 5.51. The summed E-state index contributed by atoms with van der Waals surface area (Å²) in [6, 6.07) is 4.24. The molecule has 0 spiro atoms. The molecule has 3 rings (SSSR count). The molecule has 2 aliphatic rings. The summed E-state index contributed by atoms with van der Waals surface area (Å²) in [7, 11) is 1.58. The predicted molar refractivity (Wildman–Crippen MR) is 94.6 cm³/mol. The van der Waals surface area contributed by atoms with Crippen LogP contribution in [0.5, 0.6) is 0 Å². The van der Waals surface area contributed by atoms with Gasteiger partial charge in [-0.15, -0.1) is 0 Å². The maximum absolute atomic E-state index is 12.6. The fourth-order valence-electron chi connectivity index (χ4n) is 3.27. The number of hydrogen-bond acceptors (Lipinski definition) is 4. The Morgan fingerprint density at radius 3 is 2.56 bits per heavy atom. The second-order valence-electron chi connectivity index (χ2n) is 6.45. The fraction of sp³-hybridized carbons (Fsp3) is 0.471. The van der Waals surface area contributed by atoms with Gasteiger partial charge in [0.25, 0.3) is 0 Å². The summed E-state index contributed by atoms with van der Waals surface area (Å²) < 4.78 is 0. The smallest absolute Gasteiger partial charge is 0.317 e. The number of piperidine rings is 1. The minimum Gasteiger partial charge on any atom is -0.370 e. The van der Waals surface area contributed by atoms with Crippen LogP contribution in [-0.2, 0) is 4.79 Å². The molecule has 0 aromatic heterocycles. The minimum atomic E-state index is -0.584. The number of anilines is 2. The zero-order valence-electron chi connectivity index (χ0n) is 14.2. The number of carbonyl (C=O) groups excluding carboxylic acids is 3. The normalized spacial score (nSPS) is 20.4. The first-order chi connectivity index (χ1) is 12.0. The van der Waals surface area contributed by atoms with Crippen molar-refractivity contribution in [2.24, 2.45) is 5.73 Å². The summed E-state index contributed by atoms with van der Waals surface area (Å²) >= 11 is 0. The largest absolute Gasteiger partial charge is 0.370 e. The van der Waals surface area contributed by atoms with Crippen LogP contribution in [0.3, 0.4) is 0 Å². The number of likely N-dealkylation sites (N-methyl/N-ethyl adjacent to an activating group) is 1. The van der Waals surface area contributed by atoms with Crippen LogP contribution in [0, 0.1) is 0 Å². The third-order valence-electron chi connectivity index (χ3n) is 4.77. The summed E-state index contributed by atoms with van der Waals surface area (Å²) in [5.74, 6) is -0.837. The maximum atomic E-state index is 12.6. The molecule has 2 aliphatic heterocycles. The Morgan fingerprint density at radius 1 is 1.24 bits per heavy atom. The van der Waals surface area contributed by atoms with Crippen molar-refractivity contribution < 1.29 is 14.4 Å². The molecule has 0 bridgehead atoms. The molecule has 2 heterocycles. The molecule has 0 saturated carbocycles. The van der Waals surface area contributed by atoms with Crippen LogP contribution in [0.15, 0.2) is 18.2 Å². The lowest BCUT2D eigenvalue weighted by Crippen LogP contribution is -2.40. The summed E-state index contributed by atoms with van der Waals surface area (Å²) in [4.78, 5) is 39.3. The molecule has 134 valence electrons. The van der Waals surface area contributed by atoms with E-state index in [0.29, 0.717) is 11.3 Å². The summed E-state index contributed by atoms with van der Waals surface area (Å²) in [6.07, 6.45) is 3.38. The zero-order valence-corrected chi connectivity index (χ0v) is 14.2. The highest BCUT2D eigenvalue weighted by Gasteiger charge is 2.33. The third kappa shape index (κ3) is 3.52. The molecule has 0 radical (unpaired) electrons. The van der Waals surface area contributed by atoms with Gasteiger partial charge in [0.15, 0.2) is 0 Å². The third-order valence-corrected chi connectivity index (χ3v) is 4.77. The van der Waals surface area contributed by atoms with Crippen molar-refractivity contribution in [3.8, 4) is 0 Å². The van der Waals surface area contributed by atoms with E-state index in [0.717, 1.165) is 31.6 Å². The predicted octanol–water partition coefficient (Wildman–Crippen LogP) is 0.738. The number of nitrogens with zero attached hydrogens (tertiary/aromatic N) is 2. The number of nitrogens with two attached hydrogens (primary N) is 1. The van der Waals surface area contributed by atoms with Gasteiger partial charge in [-0.2, -0.15) is 0 Å². The Balaban J connectivity index is 1.86.